The van der Waals surface area contributed by atoms with Gasteiger partial charge in [-0.1, -0.05) is 23.8 Å². The first-order chi connectivity index (χ1) is 10.6. The van der Waals surface area contributed by atoms with Gasteiger partial charge < -0.3 is 14.9 Å². The largest absolute Gasteiger partial charge is 0.388 e. The zero-order valence-electron chi connectivity index (χ0n) is 15.2. The predicted molar refractivity (Wildman–Crippen MR) is 94.3 cm³/mol. The number of aliphatic hydroxyl groups is 2. The van der Waals surface area contributed by atoms with Crippen molar-refractivity contribution in [1.29, 1.82) is 0 Å². The van der Waals surface area contributed by atoms with Crippen LogP contribution < -0.4 is 0 Å². The number of hydrogen-bond acceptors (Lipinski definition) is 3. The average Bonchev–Trinajstić information content (AvgIpc) is 3.10. The van der Waals surface area contributed by atoms with E-state index in [1.165, 1.54) is 5.57 Å². The lowest BCUT2D eigenvalue weighted by Gasteiger charge is -2.23. The fourth-order valence-corrected chi connectivity index (χ4v) is 3.15. The van der Waals surface area contributed by atoms with Crippen molar-refractivity contribution in [3.63, 3.8) is 0 Å². The van der Waals surface area contributed by atoms with Crippen molar-refractivity contribution in [3.8, 4) is 0 Å². The summed E-state index contributed by atoms with van der Waals surface area (Å²) in [5.41, 5.74) is 2.34. The van der Waals surface area contributed by atoms with E-state index in [1.54, 1.807) is 0 Å². The highest BCUT2D eigenvalue weighted by molar-refractivity contribution is 5.25. The van der Waals surface area contributed by atoms with Crippen LogP contribution in [0.3, 0.4) is 0 Å². The van der Waals surface area contributed by atoms with E-state index in [-0.39, 0.29) is 5.60 Å². The highest BCUT2D eigenvalue weighted by Crippen LogP contribution is 2.44. The second-order valence-electron chi connectivity index (χ2n) is 7.92. The molecule has 1 aliphatic heterocycles. The van der Waals surface area contributed by atoms with Gasteiger partial charge >= 0.3 is 0 Å². The molecule has 0 amide bonds. The third kappa shape index (κ3) is 5.03. The predicted octanol–water partition coefficient (Wildman–Crippen LogP) is 4.06. The standard InChI is InChI=1S/C20H32O3/c1-14-6-10-17(21)15(2)8-9-16(19(3,4)22)12-13-20(5)18(23-20)11-7-14/h6,8-9,17-18,21-22H,7,10-13H2,1-5H3. The van der Waals surface area contributed by atoms with E-state index >= 15 is 0 Å². The molecule has 3 heteroatoms. The minimum absolute atomic E-state index is 0.0486. The van der Waals surface area contributed by atoms with E-state index in [0.717, 1.165) is 36.8 Å². The Balaban J connectivity index is 2.24. The molecule has 0 aromatic carbocycles. The first-order valence-electron chi connectivity index (χ1n) is 8.73. The molecule has 0 spiro atoms. The van der Waals surface area contributed by atoms with Crippen molar-refractivity contribution in [1.82, 2.24) is 0 Å². The number of ether oxygens (including phenoxy) is 1. The van der Waals surface area contributed by atoms with Crippen LogP contribution in [0.5, 0.6) is 0 Å². The summed E-state index contributed by atoms with van der Waals surface area (Å²) >= 11 is 0. The van der Waals surface area contributed by atoms with Crippen LogP contribution in [0.4, 0.5) is 0 Å². The maximum absolute atomic E-state index is 10.4. The zero-order valence-corrected chi connectivity index (χ0v) is 15.2. The molecule has 1 saturated heterocycles. The first-order valence-corrected chi connectivity index (χ1v) is 8.73. The fraction of sp³-hybridized carbons (Fsp3) is 0.700. The van der Waals surface area contributed by atoms with Gasteiger partial charge in [-0.2, -0.15) is 0 Å². The number of aliphatic hydroxyl groups excluding tert-OH is 1. The molecule has 3 unspecified atom stereocenters. The molecule has 0 aromatic heterocycles. The summed E-state index contributed by atoms with van der Waals surface area (Å²) in [5.74, 6) is 0. The monoisotopic (exact) mass is 320 g/mol. The molecule has 1 aliphatic carbocycles. The van der Waals surface area contributed by atoms with Crippen LogP contribution >= 0.6 is 0 Å². The normalized spacial score (nSPS) is 33.8. The van der Waals surface area contributed by atoms with Crippen molar-refractivity contribution in [2.45, 2.75) is 90.1 Å². The van der Waals surface area contributed by atoms with Gasteiger partial charge in [0.05, 0.1) is 23.4 Å². The lowest BCUT2D eigenvalue weighted by molar-refractivity contribution is 0.114. The highest BCUT2D eigenvalue weighted by Gasteiger charge is 2.51. The third-order valence-corrected chi connectivity index (χ3v) is 5.28. The van der Waals surface area contributed by atoms with Crippen molar-refractivity contribution < 1.29 is 14.9 Å². The van der Waals surface area contributed by atoms with Gasteiger partial charge in [0.2, 0.25) is 0 Å². The quantitative estimate of drug-likeness (QED) is 0.566. The van der Waals surface area contributed by atoms with E-state index in [0.29, 0.717) is 12.5 Å². The molecule has 2 rings (SSSR count). The number of fused-ring (bicyclic) bond motifs is 1. The maximum atomic E-state index is 10.4. The number of epoxide rings is 1. The van der Waals surface area contributed by atoms with Gasteiger partial charge in [0.15, 0.2) is 0 Å². The molecule has 0 radical (unpaired) electrons. The summed E-state index contributed by atoms with van der Waals surface area (Å²) < 4.78 is 5.93. The maximum Gasteiger partial charge on any atom is 0.0923 e. The van der Waals surface area contributed by atoms with E-state index in [1.807, 2.05) is 32.9 Å². The van der Waals surface area contributed by atoms with Crippen LogP contribution in [-0.2, 0) is 4.74 Å². The summed E-state index contributed by atoms with van der Waals surface area (Å²) in [6.45, 7) is 9.89. The van der Waals surface area contributed by atoms with Crippen LogP contribution in [0.2, 0.25) is 0 Å². The summed E-state index contributed by atoms with van der Waals surface area (Å²) in [6, 6.07) is 0. The fourth-order valence-electron chi connectivity index (χ4n) is 3.15. The molecule has 3 nitrogen and oxygen atoms in total. The Hall–Kier alpha value is -0.900. The van der Waals surface area contributed by atoms with Gasteiger partial charge in [0.25, 0.3) is 0 Å². The Morgan fingerprint density at radius 3 is 2.57 bits per heavy atom. The lowest BCUT2D eigenvalue weighted by atomic mass is 9.88. The van der Waals surface area contributed by atoms with Crippen molar-refractivity contribution in [3.05, 3.63) is 34.9 Å². The van der Waals surface area contributed by atoms with Crippen LogP contribution in [0.15, 0.2) is 34.9 Å². The van der Waals surface area contributed by atoms with E-state index < -0.39 is 11.7 Å². The van der Waals surface area contributed by atoms with Gasteiger partial charge in [-0.25, -0.2) is 0 Å². The first kappa shape index (κ1) is 18.4. The van der Waals surface area contributed by atoms with Gasteiger partial charge in [-0.3, -0.25) is 0 Å². The van der Waals surface area contributed by atoms with E-state index in [4.69, 9.17) is 4.74 Å². The second-order valence-corrected chi connectivity index (χ2v) is 7.92. The third-order valence-electron chi connectivity index (χ3n) is 5.28. The molecule has 2 aliphatic rings. The molecular weight excluding hydrogens is 288 g/mol. The van der Waals surface area contributed by atoms with Crippen LogP contribution in [-0.4, -0.2) is 33.6 Å². The van der Waals surface area contributed by atoms with Gasteiger partial charge in [0.1, 0.15) is 0 Å². The SMILES string of the molecule is CC1=CCC(O)C(C)=CC=C(C(C)(C)O)CCC2(C)OC2CC1. The molecule has 1 fully saturated rings. The molecule has 0 saturated carbocycles. The van der Waals surface area contributed by atoms with E-state index in [2.05, 4.69) is 19.9 Å². The van der Waals surface area contributed by atoms with Crippen LogP contribution in [0.25, 0.3) is 0 Å². The molecule has 1 heterocycles. The number of allylic oxidation sites excluding steroid dienone is 3. The lowest BCUT2D eigenvalue weighted by Crippen LogP contribution is -2.23. The van der Waals surface area contributed by atoms with Crippen molar-refractivity contribution >= 4 is 0 Å². The molecule has 0 aromatic rings. The number of hydrogen-bond donors (Lipinski definition) is 2. The Morgan fingerprint density at radius 1 is 1.22 bits per heavy atom. The average molecular weight is 320 g/mol. The number of rotatable bonds is 1. The van der Waals surface area contributed by atoms with Crippen molar-refractivity contribution in [2.75, 3.05) is 0 Å². The molecule has 130 valence electrons. The van der Waals surface area contributed by atoms with E-state index in [9.17, 15) is 10.2 Å². The topological polar surface area (TPSA) is 53.0 Å². The van der Waals surface area contributed by atoms with Crippen molar-refractivity contribution in [2.24, 2.45) is 0 Å². The zero-order chi connectivity index (χ0) is 17.3. The van der Waals surface area contributed by atoms with Gasteiger partial charge in [-0.05, 0) is 77.9 Å². The minimum Gasteiger partial charge on any atom is -0.388 e. The molecule has 3 atom stereocenters. The molecular formula is C20H32O3. The Labute approximate surface area is 140 Å². The van der Waals surface area contributed by atoms with Gasteiger partial charge in [0, 0.05) is 0 Å². The molecule has 23 heavy (non-hydrogen) atoms. The molecule has 2 N–H and O–H groups in total. The smallest absolute Gasteiger partial charge is 0.0923 e. The summed E-state index contributed by atoms with van der Waals surface area (Å²) in [5, 5.41) is 20.7. The highest BCUT2D eigenvalue weighted by atomic mass is 16.6. The minimum atomic E-state index is -0.851. The van der Waals surface area contributed by atoms with Crippen LogP contribution in [0, 0.1) is 0 Å². The second kappa shape index (κ2) is 6.92. The Kier molecular flexibility index (Phi) is 5.55. The van der Waals surface area contributed by atoms with Crippen LogP contribution in [0.1, 0.15) is 66.7 Å². The molecule has 0 bridgehead atoms. The summed E-state index contributed by atoms with van der Waals surface area (Å²) in [7, 11) is 0. The summed E-state index contributed by atoms with van der Waals surface area (Å²) in [4.78, 5) is 0. The van der Waals surface area contributed by atoms with Gasteiger partial charge in [-0.15, -0.1) is 0 Å². The Morgan fingerprint density at radius 2 is 1.91 bits per heavy atom. The summed E-state index contributed by atoms with van der Waals surface area (Å²) in [6.07, 6.45) is 10.3. The Bertz CT molecular complexity index is 521.